The Bertz CT molecular complexity index is 761. The minimum Gasteiger partial charge on any atom is -0.328 e. The number of sulfone groups is 1. The van der Waals surface area contributed by atoms with Crippen LogP contribution in [0.15, 0.2) is 12.1 Å². The Morgan fingerprint density at radius 1 is 1.43 bits per heavy atom. The highest BCUT2D eigenvalue weighted by Gasteiger charge is 2.14. The smallest absolute Gasteiger partial charge is 0.147 e. The molecule has 0 aliphatic carbocycles. The summed E-state index contributed by atoms with van der Waals surface area (Å²) in [5.74, 6) is 0.967. The number of benzene rings is 1. The van der Waals surface area contributed by atoms with E-state index in [1.807, 2.05) is 27.2 Å². The van der Waals surface area contributed by atoms with Crippen LogP contribution in [0.2, 0.25) is 0 Å². The van der Waals surface area contributed by atoms with Gasteiger partial charge in [0.15, 0.2) is 0 Å². The summed E-state index contributed by atoms with van der Waals surface area (Å²) in [6, 6.07) is 3.14. The summed E-state index contributed by atoms with van der Waals surface area (Å²) in [5.41, 5.74) is 1.39. The average molecular weight is 445 g/mol. The molecule has 0 spiro atoms. The summed E-state index contributed by atoms with van der Waals surface area (Å²) in [4.78, 5) is 4.48. The van der Waals surface area contributed by atoms with E-state index in [2.05, 4.69) is 4.98 Å². The molecule has 0 aliphatic heterocycles. The van der Waals surface area contributed by atoms with E-state index in [4.69, 9.17) is 11.6 Å². The van der Waals surface area contributed by atoms with Crippen LogP contribution in [0.3, 0.4) is 0 Å². The van der Waals surface area contributed by atoms with Gasteiger partial charge in [0.2, 0.25) is 0 Å². The van der Waals surface area contributed by atoms with Crippen LogP contribution in [0.5, 0.6) is 0 Å². The van der Waals surface area contributed by atoms with Gasteiger partial charge in [-0.15, -0.1) is 11.6 Å². The van der Waals surface area contributed by atoms with Crippen molar-refractivity contribution < 1.29 is 12.8 Å². The van der Waals surface area contributed by atoms with Crippen LogP contribution in [-0.4, -0.2) is 35.9 Å². The molecule has 0 aliphatic rings. The van der Waals surface area contributed by atoms with Crippen LogP contribution in [0, 0.1) is 9.39 Å². The molecule has 1 aromatic carbocycles. The number of nitrogens with zero attached hydrogens (tertiary/aromatic N) is 2. The number of halogens is 3. The topological polar surface area (TPSA) is 52.0 Å². The molecular formula is C13H15ClFIN2O2S. The highest BCUT2D eigenvalue weighted by atomic mass is 127. The molecule has 0 unspecified atom stereocenters. The Hall–Kier alpha value is -0.410. The molecule has 0 amide bonds. The third kappa shape index (κ3) is 4.29. The summed E-state index contributed by atoms with van der Waals surface area (Å²) in [7, 11) is -3.01. The van der Waals surface area contributed by atoms with E-state index in [1.165, 1.54) is 12.3 Å². The molecule has 116 valence electrons. The van der Waals surface area contributed by atoms with Gasteiger partial charge in [-0.1, -0.05) is 0 Å². The van der Waals surface area contributed by atoms with Gasteiger partial charge in [0, 0.05) is 31.2 Å². The van der Waals surface area contributed by atoms with Gasteiger partial charge < -0.3 is 4.57 Å². The van der Waals surface area contributed by atoms with Gasteiger partial charge in [-0.2, -0.15) is 0 Å². The Morgan fingerprint density at radius 2 is 2.14 bits per heavy atom. The first-order valence-electron chi connectivity index (χ1n) is 6.39. The van der Waals surface area contributed by atoms with E-state index in [-0.39, 0.29) is 11.6 Å². The van der Waals surface area contributed by atoms with Crippen molar-refractivity contribution in [3.05, 3.63) is 27.3 Å². The first kappa shape index (κ1) is 17.0. The second kappa shape index (κ2) is 6.78. The predicted molar refractivity (Wildman–Crippen MR) is 91.2 cm³/mol. The standard InChI is InChI=1S/C13H15ClFIN2O2S/c1-21(19,20)6-2-5-18-12-7-9(15)10(16)8-11(12)17-13(18)3-4-14/h7-8H,2-6H2,1H3. The molecule has 0 N–H and O–H groups in total. The van der Waals surface area contributed by atoms with Gasteiger partial charge >= 0.3 is 0 Å². The number of hydrogen-bond acceptors (Lipinski definition) is 3. The van der Waals surface area contributed by atoms with Gasteiger partial charge in [0.1, 0.15) is 21.5 Å². The zero-order valence-corrected chi connectivity index (χ0v) is 15.2. The molecule has 1 heterocycles. The van der Waals surface area contributed by atoms with Gasteiger partial charge in [0.25, 0.3) is 0 Å². The lowest BCUT2D eigenvalue weighted by Crippen LogP contribution is -2.10. The lowest BCUT2D eigenvalue weighted by molar-refractivity contribution is 0.589. The minimum absolute atomic E-state index is 0.0971. The molecule has 0 saturated heterocycles. The fourth-order valence-corrected chi connectivity index (χ4v) is 3.45. The zero-order chi connectivity index (χ0) is 15.6. The normalized spacial score (nSPS) is 12.2. The maximum atomic E-state index is 13.8. The van der Waals surface area contributed by atoms with E-state index in [9.17, 15) is 12.8 Å². The molecule has 0 radical (unpaired) electrons. The summed E-state index contributed by atoms with van der Waals surface area (Å²) in [5, 5.41) is 0. The number of alkyl halides is 1. The van der Waals surface area contributed by atoms with Crippen LogP contribution in [0.25, 0.3) is 11.0 Å². The van der Waals surface area contributed by atoms with Crippen LogP contribution >= 0.6 is 34.2 Å². The van der Waals surface area contributed by atoms with Gasteiger partial charge in [-0.05, 0) is 35.1 Å². The quantitative estimate of drug-likeness (QED) is 0.508. The van der Waals surface area contributed by atoms with Crippen LogP contribution in [-0.2, 0) is 22.8 Å². The highest BCUT2D eigenvalue weighted by Crippen LogP contribution is 2.22. The lowest BCUT2D eigenvalue weighted by Gasteiger charge is -2.08. The molecule has 4 nitrogen and oxygen atoms in total. The van der Waals surface area contributed by atoms with E-state index < -0.39 is 9.84 Å². The zero-order valence-electron chi connectivity index (χ0n) is 11.4. The largest absolute Gasteiger partial charge is 0.328 e. The van der Waals surface area contributed by atoms with Crippen LogP contribution in [0.4, 0.5) is 4.39 Å². The first-order valence-corrected chi connectivity index (χ1v) is 10.1. The number of hydrogen-bond donors (Lipinski definition) is 0. The highest BCUT2D eigenvalue weighted by molar-refractivity contribution is 14.1. The minimum atomic E-state index is -3.01. The van der Waals surface area contributed by atoms with Crippen molar-refractivity contribution in [3.63, 3.8) is 0 Å². The summed E-state index contributed by atoms with van der Waals surface area (Å²) in [6.07, 6.45) is 2.24. The van der Waals surface area contributed by atoms with Crippen molar-refractivity contribution in [2.24, 2.45) is 0 Å². The molecule has 0 fully saturated rings. The third-order valence-corrected chi connectivity index (χ3v) is 5.13. The molecular weight excluding hydrogens is 430 g/mol. The fraction of sp³-hybridized carbons (Fsp3) is 0.462. The van der Waals surface area contributed by atoms with E-state index >= 15 is 0 Å². The monoisotopic (exact) mass is 444 g/mol. The third-order valence-electron chi connectivity index (χ3n) is 3.08. The number of fused-ring (bicyclic) bond motifs is 1. The van der Waals surface area contributed by atoms with Crippen molar-refractivity contribution in [1.29, 1.82) is 0 Å². The maximum absolute atomic E-state index is 13.8. The second-order valence-electron chi connectivity index (χ2n) is 4.86. The van der Waals surface area contributed by atoms with Gasteiger partial charge in [0.05, 0.1) is 20.4 Å². The predicted octanol–water partition coefficient (Wildman–Crippen LogP) is 3.00. The van der Waals surface area contributed by atoms with E-state index in [0.717, 1.165) is 5.82 Å². The Morgan fingerprint density at radius 3 is 2.76 bits per heavy atom. The summed E-state index contributed by atoms with van der Waals surface area (Å²) >= 11 is 7.70. The Balaban J connectivity index is 2.38. The summed E-state index contributed by atoms with van der Waals surface area (Å²) in [6.45, 7) is 0.482. The van der Waals surface area contributed by atoms with Crippen molar-refractivity contribution in [2.75, 3.05) is 17.9 Å². The van der Waals surface area contributed by atoms with E-state index in [1.54, 1.807) is 6.07 Å². The molecule has 0 atom stereocenters. The summed E-state index contributed by atoms with van der Waals surface area (Å²) < 4.78 is 38.6. The van der Waals surface area contributed by atoms with Crippen LogP contribution < -0.4 is 0 Å². The van der Waals surface area contributed by atoms with E-state index in [0.29, 0.717) is 39.9 Å². The van der Waals surface area contributed by atoms with Gasteiger partial charge in [-0.3, -0.25) is 0 Å². The number of imidazole rings is 1. The van der Waals surface area contributed by atoms with Crippen molar-refractivity contribution >= 4 is 55.1 Å². The lowest BCUT2D eigenvalue weighted by atomic mass is 10.3. The average Bonchev–Trinajstić information content (AvgIpc) is 2.67. The number of aryl methyl sites for hydroxylation is 2. The molecule has 2 aromatic rings. The van der Waals surface area contributed by atoms with Crippen molar-refractivity contribution in [3.8, 4) is 0 Å². The fourth-order valence-electron chi connectivity index (χ4n) is 2.18. The molecule has 8 heteroatoms. The number of aromatic nitrogens is 2. The number of rotatable bonds is 6. The molecule has 21 heavy (non-hydrogen) atoms. The van der Waals surface area contributed by atoms with Crippen molar-refractivity contribution in [2.45, 2.75) is 19.4 Å². The Kier molecular flexibility index (Phi) is 5.48. The van der Waals surface area contributed by atoms with Crippen molar-refractivity contribution in [1.82, 2.24) is 9.55 Å². The second-order valence-corrected chi connectivity index (χ2v) is 8.66. The first-order chi connectivity index (χ1) is 9.81. The molecule has 0 saturated carbocycles. The Labute approximate surface area is 141 Å². The molecule has 1 aromatic heterocycles. The molecule has 2 rings (SSSR count). The molecule has 0 bridgehead atoms. The van der Waals surface area contributed by atoms with Gasteiger partial charge in [-0.25, -0.2) is 17.8 Å². The van der Waals surface area contributed by atoms with Crippen LogP contribution in [0.1, 0.15) is 12.2 Å². The SMILES string of the molecule is CS(=O)(=O)CCCn1c(CCCl)nc2cc(I)c(F)cc21. The maximum Gasteiger partial charge on any atom is 0.147 e.